The molecular formula is C17H18N2O4S. The van der Waals surface area contributed by atoms with E-state index in [2.05, 4.69) is 19.2 Å². The lowest BCUT2D eigenvalue weighted by molar-refractivity contribution is -0.384. The number of amides is 1. The zero-order valence-electron chi connectivity index (χ0n) is 13.6. The second-order valence-electron chi connectivity index (χ2n) is 5.29. The predicted octanol–water partition coefficient (Wildman–Crippen LogP) is 4.36. The molecule has 0 saturated heterocycles. The molecule has 2 aromatic rings. The summed E-state index contributed by atoms with van der Waals surface area (Å²) in [5, 5.41) is 14.0. The van der Waals surface area contributed by atoms with E-state index in [1.54, 1.807) is 23.9 Å². The van der Waals surface area contributed by atoms with Crippen LogP contribution in [0.1, 0.15) is 24.2 Å². The first kappa shape index (κ1) is 17.8. The standard InChI is InChI=1S/C17H18N2O4S/c1-11(2)24-14-7-4-12(5-8-14)17(20)18-15-9-6-13(19(21)22)10-16(15)23-3/h4-11H,1-3H3,(H,18,20). The average molecular weight is 346 g/mol. The summed E-state index contributed by atoms with van der Waals surface area (Å²) in [4.78, 5) is 23.7. The van der Waals surface area contributed by atoms with Crippen LogP contribution in [0.3, 0.4) is 0 Å². The first-order valence-electron chi connectivity index (χ1n) is 7.31. The molecular weight excluding hydrogens is 328 g/mol. The Balaban J connectivity index is 2.15. The number of hydrogen-bond acceptors (Lipinski definition) is 5. The van der Waals surface area contributed by atoms with Gasteiger partial charge in [0, 0.05) is 21.8 Å². The lowest BCUT2D eigenvalue weighted by Crippen LogP contribution is -2.12. The van der Waals surface area contributed by atoms with Crippen LogP contribution in [0.25, 0.3) is 0 Å². The van der Waals surface area contributed by atoms with E-state index in [0.717, 1.165) is 4.90 Å². The van der Waals surface area contributed by atoms with E-state index in [0.29, 0.717) is 16.5 Å². The van der Waals surface area contributed by atoms with Crippen molar-refractivity contribution >= 4 is 29.0 Å². The van der Waals surface area contributed by atoms with E-state index in [-0.39, 0.29) is 17.3 Å². The molecule has 0 aliphatic rings. The lowest BCUT2D eigenvalue weighted by Gasteiger charge is -2.10. The molecule has 0 saturated carbocycles. The maximum absolute atomic E-state index is 12.3. The van der Waals surface area contributed by atoms with Gasteiger partial charge in [-0.3, -0.25) is 14.9 Å². The number of nitro groups is 1. The van der Waals surface area contributed by atoms with Gasteiger partial charge >= 0.3 is 0 Å². The van der Waals surface area contributed by atoms with Crippen LogP contribution in [0.2, 0.25) is 0 Å². The van der Waals surface area contributed by atoms with E-state index < -0.39 is 4.92 Å². The Hall–Kier alpha value is -2.54. The van der Waals surface area contributed by atoms with E-state index in [1.807, 2.05) is 12.1 Å². The Morgan fingerprint density at radius 1 is 1.21 bits per heavy atom. The van der Waals surface area contributed by atoms with Crippen molar-refractivity contribution in [3.63, 3.8) is 0 Å². The molecule has 6 nitrogen and oxygen atoms in total. The molecule has 0 spiro atoms. The highest BCUT2D eigenvalue weighted by Gasteiger charge is 2.14. The second-order valence-corrected chi connectivity index (χ2v) is 6.94. The van der Waals surface area contributed by atoms with Gasteiger partial charge in [-0.05, 0) is 30.3 Å². The van der Waals surface area contributed by atoms with Gasteiger partial charge in [0.1, 0.15) is 5.75 Å². The summed E-state index contributed by atoms with van der Waals surface area (Å²) < 4.78 is 5.11. The molecule has 2 aromatic carbocycles. The second kappa shape index (κ2) is 7.83. The Morgan fingerprint density at radius 3 is 2.42 bits per heavy atom. The molecule has 0 bridgehead atoms. The molecule has 0 atom stereocenters. The molecule has 0 aliphatic carbocycles. The third-order valence-corrected chi connectivity index (χ3v) is 4.15. The highest BCUT2D eigenvalue weighted by atomic mass is 32.2. The summed E-state index contributed by atoms with van der Waals surface area (Å²) in [6.07, 6.45) is 0. The number of carbonyl (C=O) groups is 1. The van der Waals surface area contributed by atoms with Crippen molar-refractivity contribution in [3.8, 4) is 5.75 Å². The van der Waals surface area contributed by atoms with Crippen LogP contribution in [0.4, 0.5) is 11.4 Å². The fourth-order valence-electron chi connectivity index (χ4n) is 2.05. The summed E-state index contributed by atoms with van der Waals surface area (Å²) in [5.41, 5.74) is 0.789. The smallest absolute Gasteiger partial charge is 0.273 e. The Kier molecular flexibility index (Phi) is 5.81. The minimum Gasteiger partial charge on any atom is -0.494 e. The van der Waals surface area contributed by atoms with Crippen LogP contribution < -0.4 is 10.1 Å². The molecule has 1 amide bonds. The number of carbonyl (C=O) groups excluding carboxylic acids is 1. The Bertz CT molecular complexity index is 745. The lowest BCUT2D eigenvalue weighted by atomic mass is 10.2. The SMILES string of the molecule is COc1cc([N+](=O)[O-])ccc1NC(=O)c1ccc(SC(C)C)cc1. The number of rotatable bonds is 6. The topological polar surface area (TPSA) is 81.5 Å². The molecule has 0 radical (unpaired) electrons. The van der Waals surface area contributed by atoms with Crippen molar-refractivity contribution in [1.29, 1.82) is 0 Å². The van der Waals surface area contributed by atoms with Crippen molar-refractivity contribution in [2.24, 2.45) is 0 Å². The third kappa shape index (κ3) is 4.48. The molecule has 0 heterocycles. The summed E-state index contributed by atoms with van der Waals surface area (Å²) in [6, 6.07) is 11.3. The molecule has 7 heteroatoms. The normalized spacial score (nSPS) is 10.5. The number of non-ortho nitro benzene ring substituents is 1. The van der Waals surface area contributed by atoms with Gasteiger partial charge in [0.05, 0.1) is 23.8 Å². The number of nitrogens with one attached hydrogen (secondary N) is 1. The number of methoxy groups -OCH3 is 1. The van der Waals surface area contributed by atoms with Crippen LogP contribution in [0.5, 0.6) is 5.75 Å². The van der Waals surface area contributed by atoms with Gasteiger partial charge in [0.25, 0.3) is 11.6 Å². The maximum atomic E-state index is 12.3. The van der Waals surface area contributed by atoms with Gasteiger partial charge in [-0.2, -0.15) is 0 Å². The van der Waals surface area contributed by atoms with E-state index >= 15 is 0 Å². The van der Waals surface area contributed by atoms with Gasteiger partial charge in [-0.1, -0.05) is 13.8 Å². The molecule has 1 N–H and O–H groups in total. The quantitative estimate of drug-likeness (QED) is 0.477. The summed E-state index contributed by atoms with van der Waals surface area (Å²) >= 11 is 1.72. The zero-order valence-corrected chi connectivity index (χ0v) is 14.4. The van der Waals surface area contributed by atoms with Gasteiger partial charge in [0.2, 0.25) is 0 Å². The summed E-state index contributed by atoms with van der Waals surface area (Å²) in [5.74, 6) is -0.0622. The third-order valence-electron chi connectivity index (χ3n) is 3.13. The number of hydrogen-bond donors (Lipinski definition) is 1. The fraction of sp³-hybridized carbons (Fsp3) is 0.235. The minimum absolute atomic E-state index is 0.0973. The van der Waals surface area contributed by atoms with Gasteiger partial charge < -0.3 is 10.1 Å². The van der Waals surface area contributed by atoms with Crippen molar-refractivity contribution in [3.05, 3.63) is 58.1 Å². The van der Waals surface area contributed by atoms with Crippen LogP contribution in [0, 0.1) is 10.1 Å². The van der Waals surface area contributed by atoms with Gasteiger partial charge in [0.15, 0.2) is 0 Å². The van der Waals surface area contributed by atoms with Crippen LogP contribution >= 0.6 is 11.8 Å². The maximum Gasteiger partial charge on any atom is 0.273 e. The van der Waals surface area contributed by atoms with Crippen molar-refractivity contribution in [2.45, 2.75) is 24.0 Å². The average Bonchev–Trinajstić information content (AvgIpc) is 2.55. The first-order valence-corrected chi connectivity index (χ1v) is 8.19. The van der Waals surface area contributed by atoms with Gasteiger partial charge in [-0.15, -0.1) is 11.8 Å². The number of thioether (sulfide) groups is 1. The van der Waals surface area contributed by atoms with E-state index in [4.69, 9.17) is 4.74 Å². The largest absolute Gasteiger partial charge is 0.494 e. The summed E-state index contributed by atoms with van der Waals surface area (Å²) in [7, 11) is 1.40. The molecule has 24 heavy (non-hydrogen) atoms. The highest BCUT2D eigenvalue weighted by Crippen LogP contribution is 2.29. The number of anilines is 1. The molecule has 2 rings (SSSR count). The Morgan fingerprint density at radius 2 is 1.88 bits per heavy atom. The zero-order chi connectivity index (χ0) is 17.7. The van der Waals surface area contributed by atoms with Gasteiger partial charge in [-0.25, -0.2) is 0 Å². The van der Waals surface area contributed by atoms with Crippen LogP contribution in [0.15, 0.2) is 47.4 Å². The van der Waals surface area contributed by atoms with E-state index in [9.17, 15) is 14.9 Å². The monoisotopic (exact) mass is 346 g/mol. The van der Waals surface area contributed by atoms with Crippen LogP contribution in [-0.2, 0) is 0 Å². The minimum atomic E-state index is -0.515. The molecule has 0 fully saturated rings. The molecule has 0 unspecified atom stereocenters. The molecule has 0 aromatic heterocycles. The predicted molar refractivity (Wildman–Crippen MR) is 95.0 cm³/mol. The highest BCUT2D eigenvalue weighted by molar-refractivity contribution is 7.99. The fourth-order valence-corrected chi connectivity index (χ4v) is 2.89. The molecule has 126 valence electrons. The molecule has 0 aliphatic heterocycles. The van der Waals surface area contributed by atoms with Crippen molar-refractivity contribution in [2.75, 3.05) is 12.4 Å². The van der Waals surface area contributed by atoms with Crippen LogP contribution in [-0.4, -0.2) is 23.2 Å². The Labute approximate surface area is 144 Å². The number of benzene rings is 2. The number of nitro benzene ring substituents is 1. The summed E-state index contributed by atoms with van der Waals surface area (Å²) in [6.45, 7) is 4.21. The van der Waals surface area contributed by atoms with E-state index in [1.165, 1.54) is 25.3 Å². The first-order chi connectivity index (χ1) is 11.4. The number of nitrogens with zero attached hydrogens (tertiary/aromatic N) is 1. The number of ether oxygens (including phenoxy) is 1. The van der Waals surface area contributed by atoms with Crippen molar-refractivity contribution in [1.82, 2.24) is 0 Å². The van der Waals surface area contributed by atoms with Crippen molar-refractivity contribution < 1.29 is 14.5 Å².